The molecular formula is C26H30N4O5. The second-order valence-electron chi connectivity index (χ2n) is 8.34. The normalized spacial score (nSPS) is 13.5. The summed E-state index contributed by atoms with van der Waals surface area (Å²) in [7, 11) is 1.51. The standard InChI is InChI=1S/C26H30N4O5/c1-18-22(19(2)35-28-18)17-34-23-10-9-20(15-24(23)33-3)26(32)27-16-25(31)30-13-11-29(12-14-30)21-7-5-4-6-8-21/h4-10,15H,11-14,16-17H2,1-3H3,(H,27,32). The minimum atomic E-state index is -0.350. The number of piperazine rings is 1. The second kappa shape index (κ2) is 10.9. The van der Waals surface area contributed by atoms with Gasteiger partial charge >= 0.3 is 0 Å². The molecule has 0 aliphatic carbocycles. The molecule has 1 aromatic heterocycles. The lowest BCUT2D eigenvalue weighted by atomic mass is 10.2. The van der Waals surface area contributed by atoms with E-state index in [-0.39, 0.29) is 25.0 Å². The first kappa shape index (κ1) is 24.1. The van der Waals surface area contributed by atoms with Gasteiger partial charge in [-0.1, -0.05) is 23.4 Å². The van der Waals surface area contributed by atoms with Crippen molar-refractivity contribution in [3.63, 3.8) is 0 Å². The molecule has 184 valence electrons. The number of nitrogens with zero attached hydrogens (tertiary/aromatic N) is 3. The number of amides is 2. The number of para-hydroxylation sites is 1. The lowest BCUT2D eigenvalue weighted by Gasteiger charge is -2.36. The summed E-state index contributed by atoms with van der Waals surface area (Å²) in [5.74, 6) is 1.17. The summed E-state index contributed by atoms with van der Waals surface area (Å²) in [6.45, 7) is 6.65. The molecule has 1 saturated heterocycles. The Labute approximate surface area is 204 Å². The highest BCUT2D eigenvalue weighted by Gasteiger charge is 2.22. The molecule has 0 saturated carbocycles. The minimum absolute atomic E-state index is 0.0587. The van der Waals surface area contributed by atoms with E-state index in [4.69, 9.17) is 14.0 Å². The average Bonchev–Trinajstić information content (AvgIpc) is 3.22. The molecule has 4 rings (SSSR count). The van der Waals surface area contributed by atoms with E-state index in [1.54, 1.807) is 23.1 Å². The van der Waals surface area contributed by atoms with E-state index in [2.05, 4.69) is 27.5 Å². The Morgan fingerprint density at radius 2 is 1.77 bits per heavy atom. The number of rotatable bonds is 8. The zero-order chi connectivity index (χ0) is 24.8. The van der Waals surface area contributed by atoms with E-state index >= 15 is 0 Å². The topological polar surface area (TPSA) is 97.1 Å². The number of hydrogen-bond acceptors (Lipinski definition) is 7. The van der Waals surface area contributed by atoms with Gasteiger partial charge in [-0.05, 0) is 44.2 Å². The van der Waals surface area contributed by atoms with Crippen LogP contribution in [0.1, 0.15) is 27.4 Å². The number of anilines is 1. The van der Waals surface area contributed by atoms with Crippen molar-refractivity contribution in [2.45, 2.75) is 20.5 Å². The van der Waals surface area contributed by atoms with Crippen LogP contribution in [0.2, 0.25) is 0 Å². The van der Waals surface area contributed by atoms with Crippen LogP contribution in [0.3, 0.4) is 0 Å². The van der Waals surface area contributed by atoms with Crippen molar-refractivity contribution in [2.24, 2.45) is 0 Å². The predicted molar refractivity (Wildman–Crippen MR) is 131 cm³/mol. The van der Waals surface area contributed by atoms with Crippen LogP contribution in [0.4, 0.5) is 5.69 Å². The van der Waals surface area contributed by atoms with Crippen molar-refractivity contribution in [3.8, 4) is 11.5 Å². The van der Waals surface area contributed by atoms with Gasteiger partial charge in [0.2, 0.25) is 5.91 Å². The third-order valence-corrected chi connectivity index (χ3v) is 6.13. The van der Waals surface area contributed by atoms with E-state index in [0.29, 0.717) is 35.9 Å². The number of aromatic nitrogens is 1. The minimum Gasteiger partial charge on any atom is -0.493 e. The molecule has 3 aromatic rings. The fourth-order valence-electron chi connectivity index (χ4n) is 4.01. The maximum absolute atomic E-state index is 12.7. The average molecular weight is 479 g/mol. The van der Waals surface area contributed by atoms with Gasteiger partial charge in [-0.3, -0.25) is 9.59 Å². The number of ether oxygens (including phenoxy) is 2. The quantitative estimate of drug-likeness (QED) is 0.532. The lowest BCUT2D eigenvalue weighted by Crippen LogP contribution is -2.51. The van der Waals surface area contributed by atoms with Crippen molar-refractivity contribution in [3.05, 3.63) is 71.1 Å². The summed E-state index contributed by atoms with van der Waals surface area (Å²) in [5.41, 5.74) is 3.18. The summed E-state index contributed by atoms with van der Waals surface area (Å²) < 4.78 is 16.4. The summed E-state index contributed by atoms with van der Waals surface area (Å²) in [4.78, 5) is 29.4. The third-order valence-electron chi connectivity index (χ3n) is 6.13. The van der Waals surface area contributed by atoms with Crippen LogP contribution in [-0.4, -0.2) is 61.7 Å². The Morgan fingerprint density at radius 1 is 1.03 bits per heavy atom. The molecule has 1 aliphatic rings. The largest absolute Gasteiger partial charge is 0.493 e. The van der Waals surface area contributed by atoms with Crippen LogP contribution in [0.15, 0.2) is 53.1 Å². The van der Waals surface area contributed by atoms with Gasteiger partial charge in [0.15, 0.2) is 11.5 Å². The Morgan fingerprint density at radius 3 is 2.43 bits per heavy atom. The molecule has 2 aromatic carbocycles. The highest BCUT2D eigenvalue weighted by atomic mass is 16.5. The van der Waals surface area contributed by atoms with E-state index in [1.165, 1.54) is 7.11 Å². The molecular weight excluding hydrogens is 448 g/mol. The van der Waals surface area contributed by atoms with Crippen LogP contribution in [0.25, 0.3) is 0 Å². The van der Waals surface area contributed by atoms with Gasteiger partial charge < -0.3 is 29.1 Å². The highest BCUT2D eigenvalue weighted by Crippen LogP contribution is 2.29. The molecule has 0 unspecified atom stereocenters. The van der Waals surface area contributed by atoms with Gasteiger partial charge in [-0.15, -0.1) is 0 Å². The smallest absolute Gasteiger partial charge is 0.251 e. The molecule has 1 N–H and O–H groups in total. The first-order valence-electron chi connectivity index (χ1n) is 11.5. The molecule has 2 amide bonds. The molecule has 9 heteroatoms. The van der Waals surface area contributed by atoms with Gasteiger partial charge in [-0.2, -0.15) is 0 Å². The molecule has 0 radical (unpaired) electrons. The van der Waals surface area contributed by atoms with Gasteiger partial charge in [-0.25, -0.2) is 0 Å². The zero-order valence-corrected chi connectivity index (χ0v) is 20.2. The van der Waals surface area contributed by atoms with Gasteiger partial charge in [0.05, 0.1) is 24.9 Å². The fourth-order valence-corrected chi connectivity index (χ4v) is 4.01. The van der Waals surface area contributed by atoms with Gasteiger partial charge in [0.1, 0.15) is 12.4 Å². The zero-order valence-electron chi connectivity index (χ0n) is 20.2. The molecule has 9 nitrogen and oxygen atoms in total. The maximum Gasteiger partial charge on any atom is 0.251 e. The number of nitrogens with one attached hydrogen (secondary N) is 1. The van der Waals surface area contributed by atoms with E-state index in [1.807, 2.05) is 32.0 Å². The van der Waals surface area contributed by atoms with E-state index < -0.39 is 0 Å². The SMILES string of the molecule is COc1cc(C(=O)NCC(=O)N2CCN(c3ccccc3)CC2)ccc1OCc1c(C)noc1C. The summed E-state index contributed by atoms with van der Waals surface area (Å²) in [5, 5.41) is 6.64. The fraction of sp³-hybridized carbons (Fsp3) is 0.346. The third kappa shape index (κ3) is 5.74. The van der Waals surface area contributed by atoms with Crippen molar-refractivity contribution in [1.29, 1.82) is 0 Å². The molecule has 0 atom stereocenters. The van der Waals surface area contributed by atoms with E-state index in [0.717, 1.165) is 30.0 Å². The van der Waals surface area contributed by atoms with Crippen LogP contribution in [-0.2, 0) is 11.4 Å². The van der Waals surface area contributed by atoms with Crippen LogP contribution >= 0.6 is 0 Å². The molecule has 0 spiro atoms. The second-order valence-corrected chi connectivity index (χ2v) is 8.34. The Bertz CT molecular complexity index is 1150. The van der Waals surface area contributed by atoms with Crippen molar-refractivity contribution >= 4 is 17.5 Å². The number of carbonyl (C=O) groups is 2. The lowest BCUT2D eigenvalue weighted by molar-refractivity contribution is -0.130. The van der Waals surface area contributed by atoms with Crippen molar-refractivity contribution in [2.75, 3.05) is 44.7 Å². The summed E-state index contributed by atoms with van der Waals surface area (Å²) in [6.07, 6.45) is 0. The van der Waals surface area contributed by atoms with Crippen LogP contribution in [0, 0.1) is 13.8 Å². The number of aryl methyl sites for hydroxylation is 2. The molecule has 35 heavy (non-hydrogen) atoms. The molecule has 1 fully saturated rings. The molecule has 1 aliphatic heterocycles. The first-order valence-corrected chi connectivity index (χ1v) is 11.5. The van der Waals surface area contributed by atoms with Crippen molar-refractivity contribution < 1.29 is 23.6 Å². The Hall–Kier alpha value is -4.01. The Kier molecular flexibility index (Phi) is 7.54. The van der Waals surface area contributed by atoms with E-state index in [9.17, 15) is 9.59 Å². The predicted octanol–water partition coefficient (Wildman–Crippen LogP) is 2.96. The number of methoxy groups -OCH3 is 1. The number of hydrogen-bond donors (Lipinski definition) is 1. The number of carbonyl (C=O) groups excluding carboxylic acids is 2. The molecule has 0 bridgehead atoms. The first-order chi connectivity index (χ1) is 17.0. The number of benzene rings is 2. The van der Waals surface area contributed by atoms with Crippen LogP contribution in [0.5, 0.6) is 11.5 Å². The monoisotopic (exact) mass is 478 g/mol. The summed E-state index contributed by atoms with van der Waals surface area (Å²) in [6, 6.07) is 15.1. The molecule has 2 heterocycles. The maximum atomic E-state index is 12.7. The Balaban J connectivity index is 1.29. The van der Waals surface area contributed by atoms with Crippen LogP contribution < -0.4 is 19.7 Å². The highest BCUT2D eigenvalue weighted by molar-refractivity contribution is 5.97. The summed E-state index contributed by atoms with van der Waals surface area (Å²) >= 11 is 0. The van der Waals surface area contributed by atoms with Gasteiger partial charge in [0, 0.05) is 37.4 Å². The van der Waals surface area contributed by atoms with Gasteiger partial charge in [0.25, 0.3) is 5.91 Å². The van der Waals surface area contributed by atoms with Crippen molar-refractivity contribution in [1.82, 2.24) is 15.4 Å².